The van der Waals surface area contributed by atoms with Crippen LogP contribution >= 0.6 is 22.6 Å². The Morgan fingerprint density at radius 3 is 3.31 bits per heavy atom. The van der Waals surface area contributed by atoms with Crippen LogP contribution in [-0.4, -0.2) is 24.2 Å². The maximum Gasteiger partial charge on any atom is 0.175 e. The molecule has 1 saturated heterocycles. The monoisotopic (exact) mass is 330 g/mol. The fourth-order valence-electron chi connectivity index (χ4n) is 2.66. The van der Waals surface area contributed by atoms with Crippen LogP contribution in [0.3, 0.4) is 0 Å². The maximum atomic E-state index is 5.85. The first-order valence-corrected chi connectivity index (χ1v) is 6.91. The van der Waals surface area contributed by atoms with Crippen LogP contribution in [0.4, 0.5) is 5.82 Å². The van der Waals surface area contributed by atoms with Crippen LogP contribution in [0.15, 0.2) is 12.3 Å². The molecule has 2 atom stereocenters. The number of halogens is 1. The van der Waals surface area contributed by atoms with Gasteiger partial charge in [0.05, 0.1) is 9.61 Å². The predicted octanol–water partition coefficient (Wildman–Crippen LogP) is 2.68. The van der Waals surface area contributed by atoms with Gasteiger partial charge < -0.3 is 9.64 Å². The van der Waals surface area contributed by atoms with Crippen LogP contribution in [0.5, 0.6) is 5.75 Å². The number of anilines is 1. The van der Waals surface area contributed by atoms with E-state index in [1.807, 2.05) is 12.3 Å². The molecule has 1 aromatic heterocycles. The highest BCUT2D eigenvalue weighted by atomic mass is 127. The van der Waals surface area contributed by atoms with E-state index in [4.69, 9.17) is 4.74 Å². The van der Waals surface area contributed by atoms with Gasteiger partial charge in [-0.2, -0.15) is 0 Å². The van der Waals surface area contributed by atoms with Gasteiger partial charge in [-0.1, -0.05) is 13.3 Å². The Hall–Kier alpha value is -0.520. The minimum atomic E-state index is 0.545. The lowest BCUT2D eigenvalue weighted by Gasteiger charge is -2.32. The Labute approximate surface area is 109 Å². The van der Waals surface area contributed by atoms with Crippen molar-refractivity contribution >= 4 is 28.4 Å². The van der Waals surface area contributed by atoms with Crippen LogP contribution in [0.25, 0.3) is 0 Å². The molecule has 0 saturated carbocycles. The van der Waals surface area contributed by atoms with Crippen LogP contribution in [-0.2, 0) is 0 Å². The minimum absolute atomic E-state index is 0.545. The normalized spacial score (nSPS) is 27.2. The Balaban J connectivity index is 1.97. The van der Waals surface area contributed by atoms with Gasteiger partial charge in [-0.05, 0) is 41.0 Å². The molecule has 1 aromatic rings. The van der Waals surface area contributed by atoms with Crippen molar-refractivity contribution < 1.29 is 4.74 Å². The first-order chi connectivity index (χ1) is 7.79. The van der Waals surface area contributed by atoms with Gasteiger partial charge in [-0.3, -0.25) is 0 Å². The van der Waals surface area contributed by atoms with Gasteiger partial charge in [0.15, 0.2) is 11.6 Å². The van der Waals surface area contributed by atoms with Crippen LogP contribution in [0, 0.1) is 9.49 Å². The number of aromatic nitrogens is 1. The molecule has 2 aliphatic rings. The van der Waals surface area contributed by atoms with Gasteiger partial charge in [-0.15, -0.1) is 0 Å². The molecule has 86 valence electrons. The molecule has 1 unspecified atom stereocenters. The van der Waals surface area contributed by atoms with E-state index in [-0.39, 0.29) is 0 Å². The molecule has 0 spiro atoms. The molecule has 0 amide bonds. The lowest BCUT2D eigenvalue weighted by Crippen LogP contribution is -2.39. The SMILES string of the molecule is CCC1C[C@H]2COc3c(I)ccnc3N2C1. The van der Waals surface area contributed by atoms with Crippen molar-refractivity contribution in [1.29, 1.82) is 0 Å². The van der Waals surface area contributed by atoms with Gasteiger partial charge in [0.1, 0.15) is 6.61 Å². The third kappa shape index (κ3) is 1.58. The first kappa shape index (κ1) is 10.6. The summed E-state index contributed by atoms with van der Waals surface area (Å²) in [6.07, 6.45) is 4.39. The standard InChI is InChI=1S/C12H15IN2O/c1-2-8-5-9-7-16-11-10(13)3-4-14-12(11)15(9)6-8/h3-4,8-9H,2,5-7H2,1H3/t8?,9-/m0/s1. The number of pyridine rings is 1. The van der Waals surface area contributed by atoms with E-state index in [0.29, 0.717) is 6.04 Å². The Bertz CT molecular complexity index is 410. The molecule has 2 aliphatic heterocycles. The maximum absolute atomic E-state index is 5.85. The molecule has 0 aromatic carbocycles. The summed E-state index contributed by atoms with van der Waals surface area (Å²) in [6.45, 7) is 4.24. The molecule has 3 nitrogen and oxygen atoms in total. The zero-order valence-corrected chi connectivity index (χ0v) is 11.5. The first-order valence-electron chi connectivity index (χ1n) is 5.83. The molecule has 0 aliphatic carbocycles. The van der Waals surface area contributed by atoms with Gasteiger partial charge in [-0.25, -0.2) is 4.98 Å². The van der Waals surface area contributed by atoms with Gasteiger partial charge >= 0.3 is 0 Å². The van der Waals surface area contributed by atoms with Gasteiger partial charge in [0, 0.05) is 12.7 Å². The van der Waals surface area contributed by atoms with E-state index in [9.17, 15) is 0 Å². The molecule has 3 heterocycles. The Morgan fingerprint density at radius 2 is 2.50 bits per heavy atom. The zero-order valence-electron chi connectivity index (χ0n) is 9.32. The number of nitrogens with zero attached hydrogens (tertiary/aromatic N) is 2. The second-order valence-corrected chi connectivity index (χ2v) is 5.73. The van der Waals surface area contributed by atoms with Crippen LogP contribution in [0.2, 0.25) is 0 Å². The minimum Gasteiger partial charge on any atom is -0.486 e. The average molecular weight is 330 g/mol. The van der Waals surface area contributed by atoms with Gasteiger partial charge in [0.2, 0.25) is 0 Å². The highest BCUT2D eigenvalue weighted by Gasteiger charge is 2.37. The summed E-state index contributed by atoms with van der Waals surface area (Å²) in [5.74, 6) is 2.84. The quantitative estimate of drug-likeness (QED) is 0.741. The topological polar surface area (TPSA) is 25.4 Å². The van der Waals surface area contributed by atoms with Crippen molar-refractivity contribution in [3.8, 4) is 5.75 Å². The van der Waals surface area contributed by atoms with E-state index in [2.05, 4.69) is 39.4 Å². The summed E-state index contributed by atoms with van der Waals surface area (Å²) in [4.78, 5) is 6.93. The number of ether oxygens (including phenoxy) is 1. The Morgan fingerprint density at radius 1 is 1.62 bits per heavy atom. The van der Waals surface area contributed by atoms with Gasteiger partial charge in [0.25, 0.3) is 0 Å². The highest BCUT2D eigenvalue weighted by Crippen LogP contribution is 2.40. The fraction of sp³-hybridized carbons (Fsp3) is 0.583. The lowest BCUT2D eigenvalue weighted by atomic mass is 10.0. The molecule has 1 fully saturated rings. The molecule has 4 heteroatoms. The van der Waals surface area contributed by atoms with E-state index in [1.165, 1.54) is 16.4 Å². The summed E-state index contributed by atoms with van der Waals surface area (Å²) in [5, 5.41) is 0. The van der Waals surface area contributed by atoms with E-state index in [1.54, 1.807) is 0 Å². The van der Waals surface area contributed by atoms with Crippen molar-refractivity contribution in [3.05, 3.63) is 15.8 Å². The van der Waals surface area contributed by atoms with Crippen LogP contribution < -0.4 is 9.64 Å². The van der Waals surface area contributed by atoms with Crippen molar-refractivity contribution in [3.63, 3.8) is 0 Å². The third-order valence-corrected chi connectivity index (χ3v) is 4.46. The van der Waals surface area contributed by atoms with Crippen molar-refractivity contribution in [2.75, 3.05) is 18.1 Å². The number of fused-ring (bicyclic) bond motifs is 3. The molecular formula is C12H15IN2O. The highest BCUT2D eigenvalue weighted by molar-refractivity contribution is 14.1. The zero-order chi connectivity index (χ0) is 11.1. The second kappa shape index (κ2) is 4.05. The van der Waals surface area contributed by atoms with Crippen molar-refractivity contribution in [2.24, 2.45) is 5.92 Å². The summed E-state index contributed by atoms with van der Waals surface area (Å²) in [7, 11) is 0. The van der Waals surface area contributed by atoms with E-state index >= 15 is 0 Å². The largest absolute Gasteiger partial charge is 0.486 e. The summed E-state index contributed by atoms with van der Waals surface area (Å²) in [6, 6.07) is 2.55. The molecule has 0 radical (unpaired) electrons. The van der Waals surface area contributed by atoms with Crippen molar-refractivity contribution in [2.45, 2.75) is 25.8 Å². The number of hydrogen-bond donors (Lipinski definition) is 0. The van der Waals surface area contributed by atoms with Crippen molar-refractivity contribution in [1.82, 2.24) is 4.98 Å². The summed E-state index contributed by atoms with van der Waals surface area (Å²) < 4.78 is 7.02. The Kier molecular flexibility index (Phi) is 2.69. The number of hydrogen-bond acceptors (Lipinski definition) is 3. The average Bonchev–Trinajstić information content (AvgIpc) is 2.72. The predicted molar refractivity (Wildman–Crippen MR) is 72.0 cm³/mol. The van der Waals surface area contributed by atoms with Crippen LogP contribution in [0.1, 0.15) is 19.8 Å². The molecule has 3 rings (SSSR count). The molecular weight excluding hydrogens is 315 g/mol. The fourth-order valence-corrected chi connectivity index (χ4v) is 3.22. The summed E-state index contributed by atoms with van der Waals surface area (Å²) in [5.41, 5.74) is 0. The summed E-state index contributed by atoms with van der Waals surface area (Å²) >= 11 is 2.32. The smallest absolute Gasteiger partial charge is 0.175 e. The lowest BCUT2D eigenvalue weighted by molar-refractivity contribution is 0.265. The number of rotatable bonds is 1. The molecule has 0 bridgehead atoms. The van der Waals surface area contributed by atoms with E-state index in [0.717, 1.165) is 30.6 Å². The molecule has 0 N–H and O–H groups in total. The van der Waals surface area contributed by atoms with E-state index < -0.39 is 0 Å². The second-order valence-electron chi connectivity index (χ2n) is 4.57. The third-order valence-electron chi connectivity index (χ3n) is 3.61. The molecule has 16 heavy (non-hydrogen) atoms.